The molecule has 0 aliphatic heterocycles. The quantitative estimate of drug-likeness (QED) is 0.685. The first-order valence-corrected chi connectivity index (χ1v) is 9.49. The van der Waals surface area contributed by atoms with Crippen molar-refractivity contribution in [2.24, 2.45) is 0 Å². The molecule has 0 saturated heterocycles. The Hall–Kier alpha value is -2.99. The van der Waals surface area contributed by atoms with E-state index < -0.39 is 6.10 Å². The van der Waals surface area contributed by atoms with E-state index in [-0.39, 0.29) is 11.9 Å². The second-order valence-corrected chi connectivity index (χ2v) is 7.00. The van der Waals surface area contributed by atoms with Crippen molar-refractivity contribution >= 4 is 5.91 Å². The van der Waals surface area contributed by atoms with Gasteiger partial charge in [-0.2, -0.15) is 0 Å². The minimum atomic E-state index is -0.409. The minimum Gasteiger partial charge on any atom is -0.422 e. The van der Waals surface area contributed by atoms with Crippen LogP contribution in [0.15, 0.2) is 59.0 Å². The highest BCUT2D eigenvalue weighted by Crippen LogP contribution is 2.24. The summed E-state index contributed by atoms with van der Waals surface area (Å²) in [6, 6.07) is 18.2. The zero-order valence-electron chi connectivity index (χ0n) is 15.8. The van der Waals surface area contributed by atoms with Crippen LogP contribution in [0.4, 0.5) is 0 Å². The number of carbonyl (C=O) groups excluding carboxylic acids is 1. The molecule has 28 heavy (non-hydrogen) atoms. The first-order chi connectivity index (χ1) is 13.7. The van der Waals surface area contributed by atoms with Gasteiger partial charge in [-0.3, -0.25) is 4.79 Å². The summed E-state index contributed by atoms with van der Waals surface area (Å²) in [5, 5.41) is 11.3. The maximum atomic E-state index is 12.3. The zero-order valence-corrected chi connectivity index (χ0v) is 15.8. The van der Waals surface area contributed by atoms with Crippen molar-refractivity contribution in [1.29, 1.82) is 0 Å². The van der Waals surface area contributed by atoms with Gasteiger partial charge in [-0.1, -0.05) is 54.6 Å². The summed E-state index contributed by atoms with van der Waals surface area (Å²) >= 11 is 0. The molecule has 0 saturated carbocycles. The first-order valence-electron chi connectivity index (χ1n) is 9.49. The third-order valence-electron chi connectivity index (χ3n) is 5.03. The van der Waals surface area contributed by atoms with E-state index in [4.69, 9.17) is 9.15 Å². The molecule has 1 aliphatic carbocycles. The number of benzene rings is 2. The lowest BCUT2D eigenvalue weighted by Gasteiger charge is -2.11. The Morgan fingerprint density at radius 3 is 2.46 bits per heavy atom. The predicted molar refractivity (Wildman–Crippen MR) is 104 cm³/mol. The van der Waals surface area contributed by atoms with E-state index in [1.54, 1.807) is 7.11 Å². The zero-order chi connectivity index (χ0) is 19.3. The number of hydrogen-bond donors (Lipinski definition) is 1. The fraction of sp³-hybridized carbons (Fsp3) is 0.318. The number of hydrogen-bond acceptors (Lipinski definition) is 5. The lowest BCUT2D eigenvalue weighted by molar-refractivity contribution is -0.121. The highest BCUT2D eigenvalue weighted by atomic mass is 16.5. The SMILES string of the molecule is COC(c1ccccc1)c1nnc(CCC(=O)NC2Cc3ccccc3C2)o1. The molecule has 1 aliphatic rings. The maximum Gasteiger partial charge on any atom is 0.249 e. The summed E-state index contributed by atoms with van der Waals surface area (Å²) in [7, 11) is 1.61. The average molecular weight is 377 g/mol. The van der Waals surface area contributed by atoms with Crippen LogP contribution in [0.25, 0.3) is 0 Å². The third kappa shape index (κ3) is 4.12. The second kappa shape index (κ2) is 8.35. The Bertz CT molecular complexity index is 914. The second-order valence-electron chi connectivity index (χ2n) is 7.00. The van der Waals surface area contributed by atoms with Crippen molar-refractivity contribution in [2.75, 3.05) is 7.11 Å². The minimum absolute atomic E-state index is 0.00362. The molecule has 4 rings (SSSR count). The molecule has 1 atom stereocenters. The summed E-state index contributed by atoms with van der Waals surface area (Å²) in [6.07, 6.45) is 2.09. The number of ether oxygens (including phenoxy) is 1. The van der Waals surface area contributed by atoms with E-state index in [0.717, 1.165) is 18.4 Å². The van der Waals surface area contributed by atoms with Gasteiger partial charge in [-0.25, -0.2) is 0 Å². The van der Waals surface area contributed by atoms with E-state index in [0.29, 0.717) is 24.6 Å². The van der Waals surface area contributed by atoms with Gasteiger partial charge in [0.15, 0.2) is 6.10 Å². The van der Waals surface area contributed by atoms with Crippen molar-refractivity contribution in [3.8, 4) is 0 Å². The molecule has 144 valence electrons. The number of nitrogens with zero attached hydrogens (tertiary/aromatic N) is 2. The lowest BCUT2D eigenvalue weighted by atomic mass is 10.1. The molecule has 0 bridgehead atoms. The van der Waals surface area contributed by atoms with Crippen LogP contribution in [0.2, 0.25) is 0 Å². The Morgan fingerprint density at radius 2 is 1.79 bits per heavy atom. The third-order valence-corrected chi connectivity index (χ3v) is 5.03. The number of carbonyl (C=O) groups is 1. The van der Waals surface area contributed by atoms with Crippen molar-refractivity contribution < 1.29 is 13.9 Å². The Balaban J connectivity index is 1.30. The predicted octanol–water partition coefficient (Wildman–Crippen LogP) is 3.02. The molecular weight excluding hydrogens is 354 g/mol. The topological polar surface area (TPSA) is 77.2 Å². The first kappa shape index (κ1) is 18.4. The van der Waals surface area contributed by atoms with E-state index in [9.17, 15) is 4.79 Å². The Labute approximate surface area is 163 Å². The molecule has 0 fully saturated rings. The van der Waals surface area contributed by atoms with E-state index >= 15 is 0 Å². The molecular formula is C22H23N3O3. The molecule has 0 radical (unpaired) electrons. The normalized spacial score (nSPS) is 14.6. The van der Waals surface area contributed by atoms with Crippen LogP contribution >= 0.6 is 0 Å². The van der Waals surface area contributed by atoms with Crippen molar-refractivity contribution in [3.05, 3.63) is 83.1 Å². The molecule has 1 N–H and O–H groups in total. The number of rotatable bonds is 7. The van der Waals surface area contributed by atoms with Crippen LogP contribution in [0.1, 0.15) is 41.0 Å². The van der Waals surface area contributed by atoms with Gasteiger partial charge in [0.05, 0.1) is 0 Å². The maximum absolute atomic E-state index is 12.3. The number of nitrogens with one attached hydrogen (secondary N) is 1. The lowest BCUT2D eigenvalue weighted by Crippen LogP contribution is -2.35. The van der Waals surface area contributed by atoms with Crippen molar-refractivity contribution in [1.82, 2.24) is 15.5 Å². The number of amides is 1. The fourth-order valence-electron chi connectivity index (χ4n) is 3.66. The molecule has 1 unspecified atom stereocenters. The van der Waals surface area contributed by atoms with Gasteiger partial charge in [0.1, 0.15) is 0 Å². The monoisotopic (exact) mass is 377 g/mol. The largest absolute Gasteiger partial charge is 0.422 e. The van der Waals surface area contributed by atoms with Crippen LogP contribution in [0, 0.1) is 0 Å². The summed E-state index contributed by atoms with van der Waals surface area (Å²) in [5.41, 5.74) is 3.58. The summed E-state index contributed by atoms with van der Waals surface area (Å²) in [4.78, 5) is 12.3. The molecule has 6 heteroatoms. The Kier molecular flexibility index (Phi) is 5.48. The number of methoxy groups -OCH3 is 1. The van der Waals surface area contributed by atoms with E-state index in [2.05, 4.69) is 27.6 Å². The van der Waals surface area contributed by atoms with Gasteiger partial charge in [-0.05, 0) is 29.5 Å². The van der Waals surface area contributed by atoms with E-state index in [1.165, 1.54) is 11.1 Å². The average Bonchev–Trinajstić information content (AvgIpc) is 3.34. The van der Waals surface area contributed by atoms with Crippen LogP contribution in [0.5, 0.6) is 0 Å². The van der Waals surface area contributed by atoms with Crippen LogP contribution < -0.4 is 5.32 Å². The van der Waals surface area contributed by atoms with Gasteiger partial charge >= 0.3 is 0 Å². The number of aryl methyl sites for hydroxylation is 1. The van der Waals surface area contributed by atoms with Crippen molar-refractivity contribution in [2.45, 2.75) is 37.8 Å². The molecule has 6 nitrogen and oxygen atoms in total. The summed E-state index contributed by atoms with van der Waals surface area (Å²) in [6.45, 7) is 0. The highest BCUT2D eigenvalue weighted by Gasteiger charge is 2.23. The van der Waals surface area contributed by atoms with E-state index in [1.807, 2.05) is 42.5 Å². The Morgan fingerprint density at radius 1 is 1.11 bits per heavy atom. The summed E-state index contributed by atoms with van der Waals surface area (Å²) < 4.78 is 11.2. The fourth-order valence-corrected chi connectivity index (χ4v) is 3.66. The number of fused-ring (bicyclic) bond motifs is 1. The van der Waals surface area contributed by atoms with Gasteiger partial charge in [0.25, 0.3) is 0 Å². The molecule has 1 heterocycles. The van der Waals surface area contributed by atoms with Gasteiger partial charge in [-0.15, -0.1) is 10.2 Å². The van der Waals surface area contributed by atoms with Gasteiger partial charge in [0, 0.05) is 26.0 Å². The molecule has 1 aromatic heterocycles. The van der Waals surface area contributed by atoms with Crippen LogP contribution in [0.3, 0.4) is 0 Å². The number of aromatic nitrogens is 2. The van der Waals surface area contributed by atoms with Crippen LogP contribution in [-0.4, -0.2) is 29.3 Å². The van der Waals surface area contributed by atoms with Crippen molar-refractivity contribution in [3.63, 3.8) is 0 Å². The molecule has 3 aromatic rings. The highest BCUT2D eigenvalue weighted by molar-refractivity contribution is 5.76. The van der Waals surface area contributed by atoms with Gasteiger partial charge < -0.3 is 14.5 Å². The molecule has 0 spiro atoms. The molecule has 2 aromatic carbocycles. The van der Waals surface area contributed by atoms with Gasteiger partial charge in [0.2, 0.25) is 17.7 Å². The van der Waals surface area contributed by atoms with Crippen LogP contribution in [-0.2, 0) is 28.8 Å². The summed E-state index contributed by atoms with van der Waals surface area (Å²) in [5.74, 6) is 0.845. The smallest absolute Gasteiger partial charge is 0.249 e. The molecule has 1 amide bonds. The standard InChI is InChI=1S/C22H23N3O3/c1-27-21(15-7-3-2-4-8-15)22-25-24-20(28-22)12-11-19(26)23-18-13-16-9-5-6-10-17(16)14-18/h2-10,18,21H,11-14H2,1H3,(H,23,26).